The number of H-pyrrole nitrogens is 1. The molecule has 6 heteroatoms. The van der Waals surface area contributed by atoms with Crippen LogP contribution in [0.15, 0.2) is 24.3 Å². The lowest BCUT2D eigenvalue weighted by Gasteiger charge is -2.20. The van der Waals surface area contributed by atoms with E-state index in [1.807, 2.05) is 19.9 Å². The second-order valence-corrected chi connectivity index (χ2v) is 6.47. The highest BCUT2D eigenvalue weighted by Crippen LogP contribution is 2.32. The quantitative estimate of drug-likeness (QED) is 0.895. The average Bonchev–Trinajstić information content (AvgIpc) is 3.14. The zero-order valence-electron chi connectivity index (χ0n) is 14.7. The zero-order chi connectivity index (χ0) is 18.0. The molecule has 0 unspecified atom stereocenters. The number of rotatable bonds is 5. The Morgan fingerprint density at radius 1 is 1.32 bits per heavy atom. The van der Waals surface area contributed by atoms with Crippen molar-refractivity contribution in [1.82, 2.24) is 14.9 Å². The first-order valence-corrected chi connectivity index (χ1v) is 8.39. The Kier molecular flexibility index (Phi) is 5.30. The van der Waals surface area contributed by atoms with E-state index in [9.17, 15) is 8.78 Å². The Bertz CT molecular complexity index is 753. The maximum atomic E-state index is 13.3. The van der Waals surface area contributed by atoms with Gasteiger partial charge in [0.05, 0.1) is 17.8 Å². The third kappa shape index (κ3) is 3.96. The van der Waals surface area contributed by atoms with Gasteiger partial charge in [0, 0.05) is 25.9 Å². The minimum atomic E-state index is -0.831. The first-order chi connectivity index (χ1) is 12.0. The summed E-state index contributed by atoms with van der Waals surface area (Å²) in [4.78, 5) is 10.3. The van der Waals surface area contributed by atoms with Gasteiger partial charge < -0.3 is 9.72 Å². The summed E-state index contributed by atoms with van der Waals surface area (Å²) in [6.45, 7) is 5.50. The highest BCUT2D eigenvalue weighted by atomic mass is 19.2. The fourth-order valence-electron chi connectivity index (χ4n) is 3.19. The van der Waals surface area contributed by atoms with Crippen molar-refractivity contribution < 1.29 is 13.5 Å². The third-order valence-corrected chi connectivity index (χ3v) is 4.75. The summed E-state index contributed by atoms with van der Waals surface area (Å²) in [5, 5.41) is 0. The molecule has 1 aromatic heterocycles. The van der Waals surface area contributed by atoms with Gasteiger partial charge >= 0.3 is 0 Å². The topological polar surface area (TPSA) is 41.1 Å². The standard InChI is InChI=1S/C19H23F2N3O/c1-12-13(2)23-19(22-12)18-10-15(25-3)11-24(18)8-4-5-14-6-7-16(20)17(21)9-14/h4-7,9,15,18H,8,10-11H2,1-3H3,(H,22,23)/b5-4+/t15-,18+/m1/s1. The van der Waals surface area contributed by atoms with Gasteiger partial charge in [0.15, 0.2) is 11.6 Å². The fourth-order valence-corrected chi connectivity index (χ4v) is 3.19. The first-order valence-electron chi connectivity index (χ1n) is 8.39. The molecule has 4 nitrogen and oxygen atoms in total. The van der Waals surface area contributed by atoms with Gasteiger partial charge in [-0.2, -0.15) is 0 Å². The molecule has 2 atom stereocenters. The van der Waals surface area contributed by atoms with E-state index in [0.29, 0.717) is 12.1 Å². The number of nitrogens with zero attached hydrogens (tertiary/aromatic N) is 2. The van der Waals surface area contributed by atoms with E-state index < -0.39 is 11.6 Å². The van der Waals surface area contributed by atoms with Crippen molar-refractivity contribution in [2.45, 2.75) is 32.4 Å². The van der Waals surface area contributed by atoms with Gasteiger partial charge in [-0.15, -0.1) is 0 Å². The first kappa shape index (κ1) is 17.8. The van der Waals surface area contributed by atoms with Crippen LogP contribution in [-0.2, 0) is 4.74 Å². The number of imidazole rings is 1. The Labute approximate surface area is 146 Å². The SMILES string of the molecule is CO[C@@H]1C[C@@H](c2nc(C)c(C)[nH]2)N(C/C=C/c2ccc(F)c(F)c2)C1. The molecule has 0 amide bonds. The molecule has 0 aliphatic carbocycles. The van der Waals surface area contributed by atoms with E-state index in [-0.39, 0.29) is 12.1 Å². The maximum Gasteiger partial charge on any atom is 0.159 e. The Morgan fingerprint density at radius 3 is 2.76 bits per heavy atom. The summed E-state index contributed by atoms with van der Waals surface area (Å²) in [5.74, 6) is -0.707. The molecular weight excluding hydrogens is 324 g/mol. The zero-order valence-corrected chi connectivity index (χ0v) is 14.7. The highest BCUT2D eigenvalue weighted by Gasteiger charge is 2.34. The maximum absolute atomic E-state index is 13.3. The minimum absolute atomic E-state index is 0.159. The molecule has 1 fully saturated rings. The van der Waals surface area contributed by atoms with E-state index in [1.54, 1.807) is 19.3 Å². The lowest BCUT2D eigenvalue weighted by Crippen LogP contribution is -2.25. The van der Waals surface area contributed by atoms with Crippen LogP contribution in [0.5, 0.6) is 0 Å². The molecule has 25 heavy (non-hydrogen) atoms. The van der Waals surface area contributed by atoms with Crippen molar-refractivity contribution >= 4 is 6.08 Å². The molecule has 1 aromatic carbocycles. The fraction of sp³-hybridized carbons (Fsp3) is 0.421. The number of methoxy groups -OCH3 is 1. The van der Waals surface area contributed by atoms with Crippen LogP contribution < -0.4 is 0 Å². The van der Waals surface area contributed by atoms with Crippen LogP contribution >= 0.6 is 0 Å². The predicted octanol–water partition coefficient (Wildman–Crippen LogP) is 3.78. The molecule has 1 aliphatic heterocycles. The molecule has 2 heterocycles. The number of benzene rings is 1. The smallest absolute Gasteiger partial charge is 0.159 e. The monoisotopic (exact) mass is 347 g/mol. The number of ether oxygens (including phenoxy) is 1. The van der Waals surface area contributed by atoms with Gasteiger partial charge in [0.25, 0.3) is 0 Å². The normalized spacial score (nSPS) is 21.5. The van der Waals surface area contributed by atoms with Gasteiger partial charge in [0.1, 0.15) is 5.82 Å². The van der Waals surface area contributed by atoms with Gasteiger partial charge in [-0.3, -0.25) is 4.90 Å². The van der Waals surface area contributed by atoms with E-state index in [1.165, 1.54) is 6.07 Å². The number of nitrogens with one attached hydrogen (secondary N) is 1. The second kappa shape index (κ2) is 7.45. The molecule has 3 rings (SSSR count). The molecule has 134 valence electrons. The van der Waals surface area contributed by atoms with E-state index >= 15 is 0 Å². The van der Waals surface area contributed by atoms with Crippen molar-refractivity contribution in [1.29, 1.82) is 0 Å². The summed E-state index contributed by atoms with van der Waals surface area (Å²) in [6.07, 6.45) is 4.80. The third-order valence-electron chi connectivity index (χ3n) is 4.75. The lowest BCUT2D eigenvalue weighted by atomic mass is 10.2. The number of aryl methyl sites for hydroxylation is 2. The molecule has 0 radical (unpaired) electrons. The Morgan fingerprint density at radius 2 is 2.12 bits per heavy atom. The molecule has 1 N–H and O–H groups in total. The van der Waals surface area contributed by atoms with Crippen molar-refractivity contribution in [2.75, 3.05) is 20.2 Å². The summed E-state index contributed by atoms with van der Waals surface area (Å²) in [6, 6.07) is 4.06. The van der Waals surface area contributed by atoms with Crippen LogP contribution in [0.25, 0.3) is 6.08 Å². The molecule has 0 bridgehead atoms. The molecule has 1 saturated heterocycles. The van der Waals surface area contributed by atoms with Crippen LogP contribution in [0.1, 0.15) is 35.2 Å². The van der Waals surface area contributed by atoms with Crippen molar-refractivity contribution in [2.24, 2.45) is 0 Å². The van der Waals surface area contributed by atoms with Gasteiger partial charge in [-0.25, -0.2) is 13.8 Å². The largest absolute Gasteiger partial charge is 0.380 e. The number of aromatic nitrogens is 2. The number of aromatic amines is 1. The van der Waals surface area contributed by atoms with E-state index in [0.717, 1.165) is 36.2 Å². The average molecular weight is 347 g/mol. The van der Waals surface area contributed by atoms with E-state index in [2.05, 4.69) is 14.9 Å². The lowest BCUT2D eigenvalue weighted by molar-refractivity contribution is 0.109. The van der Waals surface area contributed by atoms with Crippen LogP contribution in [0, 0.1) is 25.5 Å². The minimum Gasteiger partial charge on any atom is -0.380 e. The summed E-state index contributed by atoms with van der Waals surface area (Å²) < 4.78 is 31.8. The van der Waals surface area contributed by atoms with Crippen molar-refractivity contribution in [3.05, 3.63) is 58.7 Å². The molecule has 0 saturated carbocycles. The summed E-state index contributed by atoms with van der Waals surface area (Å²) >= 11 is 0. The predicted molar refractivity (Wildman–Crippen MR) is 93.2 cm³/mol. The molecule has 0 spiro atoms. The number of hydrogen-bond donors (Lipinski definition) is 1. The van der Waals surface area contributed by atoms with Gasteiger partial charge in [0.2, 0.25) is 0 Å². The van der Waals surface area contributed by atoms with Gasteiger partial charge in [-0.05, 0) is 38.0 Å². The number of likely N-dealkylation sites (tertiary alicyclic amines) is 1. The summed E-state index contributed by atoms with van der Waals surface area (Å²) in [7, 11) is 1.72. The molecular formula is C19H23F2N3O. The van der Waals surface area contributed by atoms with E-state index in [4.69, 9.17) is 4.74 Å². The number of hydrogen-bond acceptors (Lipinski definition) is 3. The number of halogens is 2. The van der Waals surface area contributed by atoms with Crippen molar-refractivity contribution in [3.8, 4) is 0 Å². The van der Waals surface area contributed by atoms with Crippen LogP contribution in [-0.4, -0.2) is 41.2 Å². The van der Waals surface area contributed by atoms with Crippen LogP contribution in [0.4, 0.5) is 8.78 Å². The second-order valence-electron chi connectivity index (χ2n) is 6.47. The Balaban J connectivity index is 1.72. The highest BCUT2D eigenvalue weighted by molar-refractivity contribution is 5.49. The van der Waals surface area contributed by atoms with Crippen LogP contribution in [0.3, 0.4) is 0 Å². The Hall–Kier alpha value is -2.05. The van der Waals surface area contributed by atoms with Crippen LogP contribution in [0.2, 0.25) is 0 Å². The van der Waals surface area contributed by atoms with Crippen molar-refractivity contribution in [3.63, 3.8) is 0 Å². The summed E-state index contributed by atoms with van der Waals surface area (Å²) in [5.41, 5.74) is 2.73. The van der Waals surface area contributed by atoms with Gasteiger partial charge in [-0.1, -0.05) is 18.2 Å². The molecule has 1 aliphatic rings. The molecule has 2 aromatic rings.